The van der Waals surface area contributed by atoms with Crippen molar-refractivity contribution in [1.82, 2.24) is 5.32 Å². The highest BCUT2D eigenvalue weighted by atomic mass is 79.9. The second kappa shape index (κ2) is 19.6. The van der Waals surface area contributed by atoms with Gasteiger partial charge in [-0.25, -0.2) is 0 Å². The van der Waals surface area contributed by atoms with E-state index in [-0.39, 0.29) is 5.75 Å². The van der Waals surface area contributed by atoms with E-state index >= 15 is 0 Å². The Hall–Kier alpha value is -1.43. The molecule has 4 rings (SSSR count). The number of phenolic OH excluding ortho intramolecular Hbond substituents is 1. The number of halogens is 5. The van der Waals surface area contributed by atoms with Gasteiger partial charge >= 0.3 is 0 Å². The summed E-state index contributed by atoms with van der Waals surface area (Å²) in [4.78, 5) is 2.29. The van der Waals surface area contributed by atoms with Crippen molar-refractivity contribution in [3.8, 4) is 17.2 Å². The molecule has 1 aliphatic rings. The van der Waals surface area contributed by atoms with Gasteiger partial charge in [0.2, 0.25) is 0 Å². The van der Waals surface area contributed by atoms with E-state index in [1.54, 1.807) is 32.4 Å². The highest BCUT2D eigenvalue weighted by Gasteiger charge is 2.13. The Bertz CT molecular complexity index is 1170. The van der Waals surface area contributed by atoms with Crippen molar-refractivity contribution in [1.29, 1.82) is 0 Å². The summed E-state index contributed by atoms with van der Waals surface area (Å²) in [6, 6.07) is 16.1. The molecular weight excluding hydrogens is 710 g/mol. The molecule has 1 fully saturated rings. The zero-order valence-corrected chi connectivity index (χ0v) is 27.7. The smallest absolute Gasteiger partial charge is 0.121 e. The first-order valence-electron chi connectivity index (χ1n) is 12.3. The van der Waals surface area contributed by atoms with Crippen LogP contribution in [0.4, 0.5) is 5.69 Å². The number of rotatable bonds is 9. The second-order valence-corrected chi connectivity index (χ2v) is 11.1. The molecule has 0 unspecified atom stereocenters. The lowest BCUT2D eigenvalue weighted by molar-refractivity contribution is 0.146. The predicted octanol–water partition coefficient (Wildman–Crippen LogP) is 7.71. The zero-order chi connectivity index (χ0) is 29.3. The molecule has 220 valence electrons. The lowest BCUT2D eigenvalue weighted by Gasteiger charge is -2.30. The van der Waals surface area contributed by atoms with Crippen LogP contribution in [0.25, 0.3) is 0 Å². The lowest BCUT2D eigenvalue weighted by atomic mass is 10.2. The Kier molecular flexibility index (Phi) is 17.1. The van der Waals surface area contributed by atoms with Gasteiger partial charge in [0.1, 0.15) is 30.5 Å². The number of benzene rings is 3. The van der Waals surface area contributed by atoms with Crippen molar-refractivity contribution in [2.24, 2.45) is 0 Å². The number of nitrogens with one attached hydrogen (secondary N) is 1. The topological polar surface area (TPSA) is 72.4 Å². The minimum absolute atomic E-state index is 0.184. The van der Waals surface area contributed by atoms with Crippen LogP contribution in [0.2, 0.25) is 15.1 Å². The molecule has 0 spiro atoms. The van der Waals surface area contributed by atoms with E-state index < -0.39 is 0 Å². The molecule has 1 aliphatic heterocycles. The number of hydrogen-bond acceptors (Lipinski definition) is 7. The number of methoxy groups -OCH3 is 2. The predicted molar refractivity (Wildman–Crippen MR) is 171 cm³/mol. The molecule has 0 atom stereocenters. The highest BCUT2D eigenvalue weighted by Crippen LogP contribution is 2.30. The Morgan fingerprint density at radius 2 is 1.23 bits per heavy atom. The van der Waals surface area contributed by atoms with Crippen LogP contribution in [-0.4, -0.2) is 71.9 Å². The Labute approximate surface area is 267 Å². The number of ether oxygens (including phenoxy) is 4. The van der Waals surface area contributed by atoms with Crippen LogP contribution < -0.4 is 19.7 Å². The van der Waals surface area contributed by atoms with Crippen LogP contribution in [0.15, 0.2) is 63.5 Å². The van der Waals surface area contributed by atoms with Crippen LogP contribution in [0.5, 0.6) is 17.2 Å². The molecule has 40 heavy (non-hydrogen) atoms. The third-order valence-electron chi connectivity index (χ3n) is 5.28. The molecule has 3 aromatic carbocycles. The summed E-state index contributed by atoms with van der Waals surface area (Å²) < 4.78 is 22.3. The van der Waals surface area contributed by atoms with Gasteiger partial charge < -0.3 is 34.3 Å². The Balaban J connectivity index is 0.000000224. The monoisotopic (exact) mass is 740 g/mol. The van der Waals surface area contributed by atoms with Crippen molar-refractivity contribution in [2.75, 3.05) is 71.7 Å². The van der Waals surface area contributed by atoms with Gasteiger partial charge in [0.05, 0.1) is 34.0 Å². The van der Waals surface area contributed by atoms with Gasteiger partial charge in [0.25, 0.3) is 0 Å². The maximum Gasteiger partial charge on any atom is 0.121 e. The number of phenols is 1. The summed E-state index contributed by atoms with van der Waals surface area (Å²) in [5, 5.41) is 14.1. The molecule has 2 N–H and O–H groups in total. The number of anilines is 1. The Morgan fingerprint density at radius 3 is 1.70 bits per heavy atom. The van der Waals surface area contributed by atoms with Gasteiger partial charge in [-0.2, -0.15) is 0 Å². The fourth-order valence-electron chi connectivity index (χ4n) is 3.28. The number of piperazine rings is 1. The molecule has 0 saturated carbocycles. The SMILES string of the molecule is COCCOc1ccc(Br)c(Cl)c1.COCCOc1ccc(N2CCNCC2)c(Cl)c1.Oc1ccc(Br)c(Cl)c1. The van der Waals surface area contributed by atoms with E-state index in [1.165, 1.54) is 6.07 Å². The van der Waals surface area contributed by atoms with Crippen LogP contribution >= 0.6 is 66.7 Å². The zero-order valence-electron chi connectivity index (χ0n) is 22.3. The minimum Gasteiger partial charge on any atom is -0.508 e. The van der Waals surface area contributed by atoms with Gasteiger partial charge in [-0.15, -0.1) is 0 Å². The number of aromatic hydroxyl groups is 1. The summed E-state index contributed by atoms with van der Waals surface area (Å²) >= 11 is 24.3. The van der Waals surface area contributed by atoms with Gasteiger partial charge in [-0.3, -0.25) is 0 Å². The molecule has 1 saturated heterocycles. The standard InChI is InChI=1S/C13H19ClN2O2.C9H10BrClO2.C6H4BrClO/c1-17-8-9-18-11-2-3-13(12(14)10-11)16-6-4-15-5-7-16;1-12-4-5-13-7-2-3-8(10)9(11)6-7;7-5-2-1-4(9)3-6(5)8/h2-3,10,15H,4-9H2,1H3;2-3,6H,4-5H2,1H3;1-3,9H. The van der Waals surface area contributed by atoms with Gasteiger partial charge in [-0.05, 0) is 80.4 Å². The van der Waals surface area contributed by atoms with Crippen LogP contribution in [0.1, 0.15) is 0 Å². The normalized spacial score (nSPS) is 12.5. The first-order valence-corrected chi connectivity index (χ1v) is 15.0. The third kappa shape index (κ3) is 13.0. The summed E-state index contributed by atoms with van der Waals surface area (Å²) in [6.45, 7) is 6.22. The van der Waals surface area contributed by atoms with E-state index in [9.17, 15) is 0 Å². The molecule has 12 heteroatoms. The van der Waals surface area contributed by atoms with E-state index in [4.69, 9.17) is 58.9 Å². The summed E-state index contributed by atoms with van der Waals surface area (Å²) in [7, 11) is 3.29. The second-order valence-electron chi connectivity index (χ2n) is 8.21. The minimum atomic E-state index is 0.184. The molecule has 7 nitrogen and oxygen atoms in total. The fraction of sp³-hybridized carbons (Fsp3) is 0.357. The highest BCUT2D eigenvalue weighted by molar-refractivity contribution is 9.10. The summed E-state index contributed by atoms with van der Waals surface area (Å²) in [5.41, 5.74) is 1.08. The van der Waals surface area contributed by atoms with E-state index in [0.717, 1.165) is 57.3 Å². The van der Waals surface area contributed by atoms with Crippen molar-refractivity contribution in [3.63, 3.8) is 0 Å². The quantitative estimate of drug-likeness (QED) is 0.218. The van der Waals surface area contributed by atoms with Crippen molar-refractivity contribution in [3.05, 3.63) is 78.6 Å². The van der Waals surface area contributed by atoms with Crippen LogP contribution in [0.3, 0.4) is 0 Å². The van der Waals surface area contributed by atoms with Crippen molar-refractivity contribution < 1.29 is 24.1 Å². The molecule has 0 bridgehead atoms. The van der Waals surface area contributed by atoms with Gasteiger partial charge in [-0.1, -0.05) is 34.8 Å². The summed E-state index contributed by atoms with van der Waals surface area (Å²) in [5.74, 6) is 1.73. The molecule has 0 aliphatic carbocycles. The molecule has 3 aromatic rings. The first kappa shape index (κ1) is 34.8. The summed E-state index contributed by atoms with van der Waals surface area (Å²) in [6.07, 6.45) is 0. The largest absolute Gasteiger partial charge is 0.508 e. The van der Waals surface area contributed by atoms with E-state index in [1.807, 2.05) is 30.3 Å². The Morgan fingerprint density at radius 1 is 0.725 bits per heavy atom. The fourth-order valence-corrected chi connectivity index (χ4v) is 4.41. The molecule has 0 aromatic heterocycles. The average Bonchev–Trinajstić information content (AvgIpc) is 2.94. The van der Waals surface area contributed by atoms with Crippen molar-refractivity contribution >= 4 is 72.4 Å². The van der Waals surface area contributed by atoms with E-state index in [2.05, 4.69) is 42.1 Å². The number of nitrogens with zero attached hydrogens (tertiary/aromatic N) is 1. The maximum atomic E-state index is 8.83. The third-order valence-corrected chi connectivity index (χ3v) is 8.05. The van der Waals surface area contributed by atoms with Crippen LogP contribution in [-0.2, 0) is 9.47 Å². The molecular formula is C28H33Br2Cl3N2O5. The maximum absolute atomic E-state index is 8.83. The molecule has 0 amide bonds. The van der Waals surface area contributed by atoms with E-state index in [0.29, 0.717) is 36.5 Å². The van der Waals surface area contributed by atoms with Gasteiger partial charge in [0.15, 0.2) is 0 Å². The first-order chi connectivity index (χ1) is 19.2. The molecule has 0 radical (unpaired) electrons. The van der Waals surface area contributed by atoms with Gasteiger partial charge in [0, 0.05) is 55.4 Å². The van der Waals surface area contributed by atoms with Crippen molar-refractivity contribution in [2.45, 2.75) is 0 Å². The number of hydrogen-bond donors (Lipinski definition) is 2. The molecule has 1 heterocycles. The lowest BCUT2D eigenvalue weighted by Crippen LogP contribution is -2.43. The average molecular weight is 744 g/mol. The van der Waals surface area contributed by atoms with Crippen LogP contribution in [0, 0.1) is 0 Å².